The molecule has 0 amide bonds. The number of carbonyl (C=O) groups is 2. The number of ketones is 1. The summed E-state index contributed by atoms with van der Waals surface area (Å²) < 4.78 is 0. The maximum absolute atomic E-state index is 12.6. The predicted molar refractivity (Wildman–Crippen MR) is 77.7 cm³/mol. The molecule has 3 nitrogen and oxygen atoms in total. The summed E-state index contributed by atoms with van der Waals surface area (Å²) in [4.78, 5) is 23.9. The van der Waals surface area contributed by atoms with Crippen LogP contribution in [0.4, 0.5) is 0 Å². The van der Waals surface area contributed by atoms with E-state index in [0.29, 0.717) is 22.6 Å². The zero-order chi connectivity index (χ0) is 14.7. The second kappa shape index (κ2) is 5.88. The van der Waals surface area contributed by atoms with Crippen LogP contribution in [-0.4, -0.2) is 16.9 Å². The zero-order valence-electron chi connectivity index (χ0n) is 10.9. The van der Waals surface area contributed by atoms with E-state index in [4.69, 9.17) is 11.6 Å². The van der Waals surface area contributed by atoms with Gasteiger partial charge in [-0.1, -0.05) is 48.9 Å². The molecule has 0 aliphatic carbocycles. The summed E-state index contributed by atoms with van der Waals surface area (Å²) in [5.41, 5.74) is 1.19. The van der Waals surface area contributed by atoms with Gasteiger partial charge in [0.2, 0.25) is 0 Å². The Bertz CT molecular complexity index is 663. The molecule has 4 heteroatoms. The number of halogens is 1. The highest BCUT2D eigenvalue weighted by Crippen LogP contribution is 2.26. The van der Waals surface area contributed by atoms with Gasteiger partial charge in [-0.25, -0.2) is 4.79 Å². The molecule has 0 atom stereocenters. The van der Waals surface area contributed by atoms with Crippen LogP contribution in [0.5, 0.6) is 0 Å². The van der Waals surface area contributed by atoms with E-state index in [-0.39, 0.29) is 16.9 Å². The highest BCUT2D eigenvalue weighted by atomic mass is 35.5. The quantitative estimate of drug-likeness (QED) is 0.870. The minimum absolute atomic E-state index is 0.0138. The van der Waals surface area contributed by atoms with E-state index in [1.165, 1.54) is 12.1 Å². The highest BCUT2D eigenvalue weighted by molar-refractivity contribution is 6.32. The fourth-order valence-corrected chi connectivity index (χ4v) is 2.43. The summed E-state index contributed by atoms with van der Waals surface area (Å²) in [7, 11) is 0. The SMILES string of the molecule is CCc1c(Cl)ccc(C(=O)O)c1C(=O)c1ccccc1. The van der Waals surface area contributed by atoms with E-state index in [0.717, 1.165) is 0 Å². The zero-order valence-corrected chi connectivity index (χ0v) is 11.6. The molecular weight excluding hydrogens is 276 g/mol. The van der Waals surface area contributed by atoms with Crippen molar-refractivity contribution in [2.75, 3.05) is 0 Å². The Balaban J connectivity index is 2.68. The molecule has 0 spiro atoms. The number of hydrogen-bond donors (Lipinski definition) is 1. The van der Waals surface area contributed by atoms with E-state index < -0.39 is 5.97 Å². The lowest BCUT2D eigenvalue weighted by molar-refractivity contribution is 0.0692. The molecule has 2 rings (SSSR count). The molecule has 0 radical (unpaired) electrons. The maximum Gasteiger partial charge on any atom is 0.336 e. The van der Waals surface area contributed by atoms with Crippen molar-refractivity contribution in [3.8, 4) is 0 Å². The normalized spacial score (nSPS) is 10.3. The molecule has 0 aliphatic rings. The van der Waals surface area contributed by atoms with Gasteiger partial charge in [0.25, 0.3) is 0 Å². The summed E-state index contributed by atoms with van der Waals surface area (Å²) in [5.74, 6) is -1.45. The van der Waals surface area contributed by atoms with Crippen molar-refractivity contribution in [2.24, 2.45) is 0 Å². The van der Waals surface area contributed by atoms with Crippen LogP contribution in [0.25, 0.3) is 0 Å². The number of carboxylic acids is 1. The molecule has 2 aromatic carbocycles. The van der Waals surface area contributed by atoms with Gasteiger partial charge in [-0.05, 0) is 24.1 Å². The number of benzene rings is 2. The molecule has 0 aliphatic heterocycles. The van der Waals surface area contributed by atoms with Gasteiger partial charge in [-0.15, -0.1) is 0 Å². The minimum Gasteiger partial charge on any atom is -0.478 e. The third-order valence-electron chi connectivity index (χ3n) is 3.10. The number of carbonyl (C=O) groups excluding carboxylic acids is 1. The van der Waals surface area contributed by atoms with Crippen LogP contribution in [0, 0.1) is 0 Å². The van der Waals surface area contributed by atoms with Gasteiger partial charge in [0.15, 0.2) is 5.78 Å². The van der Waals surface area contributed by atoms with Crippen molar-refractivity contribution in [3.63, 3.8) is 0 Å². The second-order valence-electron chi connectivity index (χ2n) is 4.30. The van der Waals surface area contributed by atoms with Gasteiger partial charge in [-0.2, -0.15) is 0 Å². The van der Waals surface area contributed by atoms with Gasteiger partial charge in [0.1, 0.15) is 0 Å². The van der Waals surface area contributed by atoms with Crippen molar-refractivity contribution in [1.29, 1.82) is 0 Å². The van der Waals surface area contributed by atoms with E-state index in [2.05, 4.69) is 0 Å². The van der Waals surface area contributed by atoms with Gasteiger partial charge >= 0.3 is 5.97 Å². The van der Waals surface area contributed by atoms with Gasteiger partial charge in [-0.3, -0.25) is 4.79 Å². The summed E-state index contributed by atoms with van der Waals surface area (Å²) in [6.45, 7) is 1.84. The first-order valence-corrected chi connectivity index (χ1v) is 6.58. The van der Waals surface area contributed by atoms with Crippen LogP contribution in [0.2, 0.25) is 5.02 Å². The Morgan fingerprint density at radius 2 is 1.75 bits per heavy atom. The van der Waals surface area contributed by atoms with Crippen LogP contribution in [0.1, 0.15) is 38.8 Å². The standard InChI is InChI=1S/C16H13ClO3/c1-2-11-13(17)9-8-12(16(19)20)14(11)15(18)10-6-4-3-5-7-10/h3-9H,2H2,1H3,(H,19,20). The number of hydrogen-bond acceptors (Lipinski definition) is 2. The first-order chi connectivity index (χ1) is 9.56. The number of rotatable bonds is 4. The molecule has 0 bridgehead atoms. The van der Waals surface area contributed by atoms with E-state index in [1.54, 1.807) is 30.3 Å². The molecule has 0 saturated heterocycles. The molecule has 0 fully saturated rings. The first-order valence-electron chi connectivity index (χ1n) is 6.20. The van der Waals surface area contributed by atoms with Crippen LogP contribution in [0.3, 0.4) is 0 Å². The molecule has 0 unspecified atom stereocenters. The summed E-state index contributed by atoms with van der Waals surface area (Å²) in [5, 5.41) is 9.69. The Labute approximate surface area is 121 Å². The lowest BCUT2D eigenvalue weighted by Crippen LogP contribution is -2.13. The average molecular weight is 289 g/mol. The predicted octanol–water partition coefficient (Wildman–Crippen LogP) is 3.83. The Morgan fingerprint density at radius 1 is 1.10 bits per heavy atom. The Kier molecular flexibility index (Phi) is 4.20. The molecule has 20 heavy (non-hydrogen) atoms. The molecule has 1 N–H and O–H groups in total. The molecule has 0 saturated carbocycles. The third-order valence-corrected chi connectivity index (χ3v) is 3.46. The fourth-order valence-electron chi connectivity index (χ4n) is 2.14. The van der Waals surface area contributed by atoms with Crippen LogP contribution in [-0.2, 0) is 6.42 Å². The van der Waals surface area contributed by atoms with E-state index >= 15 is 0 Å². The van der Waals surface area contributed by atoms with Gasteiger partial charge in [0, 0.05) is 16.1 Å². The lowest BCUT2D eigenvalue weighted by atomic mass is 9.92. The van der Waals surface area contributed by atoms with E-state index in [1.807, 2.05) is 6.92 Å². The van der Waals surface area contributed by atoms with Crippen molar-refractivity contribution >= 4 is 23.4 Å². The largest absolute Gasteiger partial charge is 0.478 e. The minimum atomic E-state index is -1.13. The summed E-state index contributed by atoms with van der Waals surface area (Å²) in [6.07, 6.45) is 0.494. The topological polar surface area (TPSA) is 54.4 Å². The molecule has 0 aromatic heterocycles. The van der Waals surface area contributed by atoms with E-state index in [9.17, 15) is 14.7 Å². The van der Waals surface area contributed by atoms with Crippen molar-refractivity contribution in [2.45, 2.75) is 13.3 Å². The molecule has 0 heterocycles. The smallest absolute Gasteiger partial charge is 0.336 e. The Hall–Kier alpha value is -2.13. The lowest BCUT2D eigenvalue weighted by Gasteiger charge is -2.12. The fraction of sp³-hybridized carbons (Fsp3) is 0.125. The monoisotopic (exact) mass is 288 g/mol. The number of carboxylic acid groups (broad SMARTS) is 1. The summed E-state index contributed by atoms with van der Waals surface area (Å²) >= 11 is 6.09. The maximum atomic E-state index is 12.6. The van der Waals surface area contributed by atoms with Gasteiger partial charge < -0.3 is 5.11 Å². The first kappa shape index (κ1) is 14.3. The van der Waals surface area contributed by atoms with Crippen LogP contribution in [0.15, 0.2) is 42.5 Å². The molecule has 102 valence electrons. The van der Waals surface area contributed by atoms with Crippen molar-refractivity contribution in [1.82, 2.24) is 0 Å². The average Bonchev–Trinajstić information content (AvgIpc) is 2.46. The Morgan fingerprint density at radius 3 is 2.30 bits per heavy atom. The molecular formula is C16H13ClO3. The highest BCUT2D eigenvalue weighted by Gasteiger charge is 2.22. The third kappa shape index (κ3) is 2.58. The van der Waals surface area contributed by atoms with Gasteiger partial charge in [0.05, 0.1) is 5.56 Å². The van der Waals surface area contributed by atoms with Crippen LogP contribution >= 0.6 is 11.6 Å². The number of aromatic carboxylic acids is 1. The molecule has 2 aromatic rings. The van der Waals surface area contributed by atoms with Crippen molar-refractivity contribution in [3.05, 3.63) is 69.7 Å². The second-order valence-corrected chi connectivity index (χ2v) is 4.71. The van der Waals surface area contributed by atoms with Crippen molar-refractivity contribution < 1.29 is 14.7 Å². The van der Waals surface area contributed by atoms with Crippen LogP contribution < -0.4 is 0 Å². The summed E-state index contributed by atoms with van der Waals surface area (Å²) in [6, 6.07) is 11.5.